The zero-order chi connectivity index (χ0) is 23.6. The highest BCUT2D eigenvalue weighted by atomic mass is 127. The van der Waals surface area contributed by atoms with Gasteiger partial charge in [0.25, 0.3) is 12.3 Å². The van der Waals surface area contributed by atoms with E-state index in [0.29, 0.717) is 42.7 Å². The summed E-state index contributed by atoms with van der Waals surface area (Å²) in [4.78, 5) is 15.0. The number of aliphatic hydroxyl groups excluding tert-OH is 1. The molecule has 3 rings (SSSR count). The van der Waals surface area contributed by atoms with Crippen LogP contribution in [0.1, 0.15) is 11.1 Å². The number of carbonyl (C=O) groups is 1. The molecule has 0 aliphatic carbocycles. The van der Waals surface area contributed by atoms with Crippen LogP contribution in [0.5, 0.6) is 11.5 Å². The van der Waals surface area contributed by atoms with Crippen molar-refractivity contribution in [3.05, 3.63) is 71.2 Å². The van der Waals surface area contributed by atoms with E-state index in [1.165, 1.54) is 0 Å². The first-order valence-electron chi connectivity index (χ1n) is 10.6. The molecule has 178 valence electrons. The Kier molecular flexibility index (Phi) is 9.46. The summed E-state index contributed by atoms with van der Waals surface area (Å²) in [6.07, 6.45) is -0.621. The first-order chi connectivity index (χ1) is 16.0. The molecule has 10 heteroatoms. The minimum absolute atomic E-state index is 0.0555. The Morgan fingerprint density at radius 1 is 1.18 bits per heavy atom. The van der Waals surface area contributed by atoms with Gasteiger partial charge in [-0.25, -0.2) is 0 Å². The maximum Gasteiger partial charge on any atom is 0.271 e. The summed E-state index contributed by atoms with van der Waals surface area (Å²) >= 11 is 1.82. The second-order valence-electron chi connectivity index (χ2n) is 7.35. The van der Waals surface area contributed by atoms with Gasteiger partial charge in [-0.3, -0.25) is 4.79 Å². The minimum atomic E-state index is -0.621. The number of hydrogen-bond acceptors (Lipinski definition) is 8. The van der Waals surface area contributed by atoms with Crippen molar-refractivity contribution in [2.24, 2.45) is 0 Å². The predicted molar refractivity (Wildman–Crippen MR) is 132 cm³/mol. The van der Waals surface area contributed by atoms with Gasteiger partial charge in [-0.15, -0.1) is 0 Å². The standard InChI is InChI=1S/C23H29IN4O5/c1-16-6-8-17(9-7-16)15-28-20(22(30)26-10-12-31-13-11-29)21(25-2)27-23(28)32-18-4-3-5-19(14-18)33-24/h3-9,14,23,25,27,29H,10-13,15H2,1-2H3,(H,26,30). The van der Waals surface area contributed by atoms with E-state index in [4.69, 9.17) is 17.6 Å². The lowest BCUT2D eigenvalue weighted by molar-refractivity contribution is -0.120. The number of ether oxygens (including phenoxy) is 2. The number of benzene rings is 2. The quantitative estimate of drug-likeness (QED) is 0.228. The van der Waals surface area contributed by atoms with Crippen molar-refractivity contribution in [1.82, 2.24) is 20.9 Å². The van der Waals surface area contributed by atoms with Gasteiger partial charge in [-0.1, -0.05) is 35.9 Å². The third-order valence-corrected chi connectivity index (χ3v) is 5.43. The van der Waals surface area contributed by atoms with Crippen LogP contribution in [0.2, 0.25) is 0 Å². The van der Waals surface area contributed by atoms with Crippen LogP contribution in [0.15, 0.2) is 60.0 Å². The highest BCUT2D eigenvalue weighted by Gasteiger charge is 2.36. The molecule has 0 fully saturated rings. The lowest BCUT2D eigenvalue weighted by Gasteiger charge is -2.28. The van der Waals surface area contributed by atoms with E-state index >= 15 is 0 Å². The van der Waals surface area contributed by atoms with E-state index in [0.717, 1.165) is 11.1 Å². The van der Waals surface area contributed by atoms with Crippen LogP contribution >= 0.6 is 23.0 Å². The van der Waals surface area contributed by atoms with Crippen molar-refractivity contribution in [2.75, 3.05) is 33.4 Å². The molecule has 2 aromatic carbocycles. The number of aryl methyl sites for hydroxylation is 1. The Morgan fingerprint density at radius 2 is 1.94 bits per heavy atom. The van der Waals surface area contributed by atoms with E-state index in [1.54, 1.807) is 13.1 Å². The minimum Gasteiger partial charge on any atom is -0.452 e. The van der Waals surface area contributed by atoms with Crippen molar-refractivity contribution in [3.63, 3.8) is 0 Å². The van der Waals surface area contributed by atoms with Crippen molar-refractivity contribution in [3.8, 4) is 11.5 Å². The molecule has 0 saturated heterocycles. The lowest BCUT2D eigenvalue weighted by Crippen LogP contribution is -2.44. The van der Waals surface area contributed by atoms with Gasteiger partial charge in [0.15, 0.2) is 23.0 Å². The molecule has 4 N–H and O–H groups in total. The Morgan fingerprint density at radius 3 is 2.64 bits per heavy atom. The molecule has 1 aliphatic heterocycles. The normalized spacial score (nSPS) is 15.3. The molecule has 33 heavy (non-hydrogen) atoms. The van der Waals surface area contributed by atoms with Gasteiger partial charge in [0.05, 0.1) is 19.8 Å². The van der Waals surface area contributed by atoms with Crippen LogP contribution in [0.4, 0.5) is 0 Å². The van der Waals surface area contributed by atoms with Crippen LogP contribution in [0.3, 0.4) is 0 Å². The molecular formula is C23H29IN4O5. The highest BCUT2D eigenvalue weighted by Crippen LogP contribution is 2.27. The number of halogens is 1. The van der Waals surface area contributed by atoms with Gasteiger partial charge in [0.1, 0.15) is 23.0 Å². The molecule has 0 aromatic heterocycles. The topological polar surface area (TPSA) is 104 Å². The van der Waals surface area contributed by atoms with Crippen molar-refractivity contribution >= 4 is 28.9 Å². The summed E-state index contributed by atoms with van der Waals surface area (Å²) in [5.41, 5.74) is 2.63. The van der Waals surface area contributed by atoms with Gasteiger partial charge in [-0.05, 0) is 24.6 Å². The molecule has 9 nitrogen and oxygen atoms in total. The van der Waals surface area contributed by atoms with Crippen LogP contribution in [-0.2, 0) is 16.1 Å². The Balaban J connectivity index is 1.82. The second-order valence-corrected chi connectivity index (χ2v) is 7.79. The largest absolute Gasteiger partial charge is 0.452 e. The molecule has 0 saturated carbocycles. The summed E-state index contributed by atoms with van der Waals surface area (Å²) < 4.78 is 16.7. The third kappa shape index (κ3) is 6.89. The lowest BCUT2D eigenvalue weighted by atomic mass is 10.1. The molecule has 1 aliphatic rings. The zero-order valence-corrected chi connectivity index (χ0v) is 20.8. The number of nitrogens with zero attached hydrogens (tertiary/aromatic N) is 1. The van der Waals surface area contributed by atoms with Gasteiger partial charge in [0.2, 0.25) is 0 Å². The molecule has 1 unspecified atom stereocenters. The summed E-state index contributed by atoms with van der Waals surface area (Å²) in [5, 5.41) is 18.0. The van der Waals surface area contributed by atoms with Crippen molar-refractivity contribution < 1.29 is 22.4 Å². The SMILES string of the molecule is CNC1=C(C(=O)NCCOCCO)N(Cc2ccc(C)cc2)C(Oc2cccc(OI)c2)N1. The third-order valence-electron chi connectivity index (χ3n) is 4.92. The molecule has 1 heterocycles. The van der Waals surface area contributed by atoms with Crippen LogP contribution in [0.25, 0.3) is 0 Å². The second kappa shape index (κ2) is 12.5. The monoisotopic (exact) mass is 568 g/mol. The van der Waals surface area contributed by atoms with Gasteiger partial charge in [-0.2, -0.15) is 0 Å². The molecule has 2 aromatic rings. The number of amides is 1. The first-order valence-corrected chi connectivity index (χ1v) is 11.5. The first kappa shape index (κ1) is 24.9. The van der Waals surface area contributed by atoms with Gasteiger partial charge in [0, 0.05) is 26.2 Å². The molecular weight excluding hydrogens is 539 g/mol. The number of hydrogen-bond donors (Lipinski definition) is 4. The smallest absolute Gasteiger partial charge is 0.271 e. The Bertz CT molecular complexity index is 954. The van der Waals surface area contributed by atoms with E-state index in [-0.39, 0.29) is 19.1 Å². The summed E-state index contributed by atoms with van der Waals surface area (Å²) in [5.74, 6) is 1.56. The van der Waals surface area contributed by atoms with Crippen molar-refractivity contribution in [1.29, 1.82) is 0 Å². The molecule has 0 spiro atoms. The molecule has 1 atom stereocenters. The van der Waals surface area contributed by atoms with E-state index in [1.807, 2.05) is 77.3 Å². The fourth-order valence-electron chi connectivity index (χ4n) is 3.32. The van der Waals surface area contributed by atoms with E-state index in [2.05, 4.69) is 16.0 Å². The predicted octanol–water partition coefficient (Wildman–Crippen LogP) is 2.01. The number of rotatable bonds is 12. The van der Waals surface area contributed by atoms with E-state index < -0.39 is 6.35 Å². The fraction of sp³-hybridized carbons (Fsp3) is 0.348. The molecule has 1 amide bonds. The number of carbonyl (C=O) groups excluding carboxylic acids is 1. The van der Waals surface area contributed by atoms with Crippen LogP contribution < -0.4 is 23.8 Å². The average molecular weight is 568 g/mol. The Hall–Kier alpha value is -2.70. The number of nitrogens with one attached hydrogen (secondary N) is 3. The van der Waals surface area contributed by atoms with E-state index in [9.17, 15) is 4.79 Å². The fourth-order valence-corrected chi connectivity index (χ4v) is 3.60. The average Bonchev–Trinajstić information content (AvgIpc) is 3.17. The zero-order valence-electron chi connectivity index (χ0n) is 18.6. The highest BCUT2D eigenvalue weighted by molar-refractivity contribution is 14.1. The van der Waals surface area contributed by atoms with Crippen LogP contribution in [0, 0.1) is 6.92 Å². The van der Waals surface area contributed by atoms with Crippen LogP contribution in [-0.4, -0.2) is 55.7 Å². The maximum absolute atomic E-state index is 13.1. The van der Waals surface area contributed by atoms with Crippen molar-refractivity contribution in [2.45, 2.75) is 19.8 Å². The summed E-state index contributed by atoms with van der Waals surface area (Å²) in [6, 6.07) is 15.4. The summed E-state index contributed by atoms with van der Waals surface area (Å²) in [7, 11) is 1.75. The van der Waals surface area contributed by atoms with Gasteiger partial charge >= 0.3 is 0 Å². The number of aliphatic hydroxyl groups is 1. The molecule has 0 bridgehead atoms. The van der Waals surface area contributed by atoms with Gasteiger partial charge < -0.3 is 38.5 Å². The Labute approximate surface area is 207 Å². The maximum atomic E-state index is 13.1. The summed E-state index contributed by atoms with van der Waals surface area (Å²) in [6.45, 7) is 3.29. The molecule has 0 radical (unpaired) electrons.